The number of rotatable bonds is 0. The van der Waals surface area contributed by atoms with Crippen LogP contribution >= 0.6 is 26.8 Å². The van der Waals surface area contributed by atoms with E-state index >= 15 is 0 Å². The molecule has 0 unspecified atom stereocenters. The Bertz CT molecular complexity index is 142. The van der Waals surface area contributed by atoms with Crippen LogP contribution < -0.4 is 0 Å². The molecular formula is C6H8Cl3NSn. The standard InChI is InChI=1S/C5H5N.CH3.3ClH.Sn/c1-2-4-6-5-3-1;;;;;/h1-5H;1H3;3*1H;/q;;;;;+3/p-3. The first-order valence-electron chi connectivity index (χ1n) is 2.92. The summed E-state index contributed by atoms with van der Waals surface area (Å²) in [6, 6.07) is 5.72. The predicted molar refractivity (Wildman–Crippen MR) is 53.4 cm³/mol. The Balaban J connectivity index is 0.000000187. The molecule has 11 heavy (non-hydrogen) atoms. The molecule has 1 heterocycles. The molecule has 0 aliphatic carbocycles. The maximum atomic E-state index is 5.27. The molecule has 0 radical (unpaired) electrons. The van der Waals surface area contributed by atoms with Gasteiger partial charge in [0, 0.05) is 12.4 Å². The van der Waals surface area contributed by atoms with Gasteiger partial charge in [-0.25, -0.2) is 0 Å². The van der Waals surface area contributed by atoms with Crippen molar-refractivity contribution in [3.8, 4) is 0 Å². The van der Waals surface area contributed by atoms with Gasteiger partial charge >= 0.3 is 46.7 Å². The Morgan fingerprint density at radius 2 is 1.36 bits per heavy atom. The summed E-state index contributed by atoms with van der Waals surface area (Å²) >= 11 is -2.76. The molecule has 62 valence electrons. The maximum Gasteiger partial charge on any atom is 0.0267 e. The van der Waals surface area contributed by atoms with Gasteiger partial charge < -0.3 is 0 Å². The molecule has 1 nitrogen and oxygen atoms in total. The van der Waals surface area contributed by atoms with E-state index in [4.69, 9.17) is 26.8 Å². The average molecular weight is 319 g/mol. The smallest absolute Gasteiger partial charge is 0.0267 e. The number of aromatic nitrogens is 1. The Hall–Kier alpha value is 0.819. The predicted octanol–water partition coefficient (Wildman–Crippen LogP) is 3.35. The summed E-state index contributed by atoms with van der Waals surface area (Å²) in [7, 11) is 15.8. The molecule has 0 saturated carbocycles. The van der Waals surface area contributed by atoms with Crippen molar-refractivity contribution < 1.29 is 0 Å². The molecule has 0 spiro atoms. The van der Waals surface area contributed by atoms with Crippen molar-refractivity contribution >= 4 is 41.8 Å². The van der Waals surface area contributed by atoms with Crippen molar-refractivity contribution in [3.05, 3.63) is 30.6 Å². The molecular weight excluding hydrogens is 311 g/mol. The second-order valence-electron chi connectivity index (χ2n) is 1.81. The van der Waals surface area contributed by atoms with E-state index in [0.717, 1.165) is 0 Å². The van der Waals surface area contributed by atoms with Gasteiger partial charge in [0.2, 0.25) is 0 Å². The van der Waals surface area contributed by atoms with Gasteiger partial charge in [0.1, 0.15) is 0 Å². The number of hydrogen-bond acceptors (Lipinski definition) is 1. The normalized spacial score (nSPS) is 9.82. The van der Waals surface area contributed by atoms with Crippen LogP contribution in [0.3, 0.4) is 0 Å². The van der Waals surface area contributed by atoms with Crippen molar-refractivity contribution in [2.45, 2.75) is 4.94 Å². The van der Waals surface area contributed by atoms with Crippen LogP contribution in [0.2, 0.25) is 4.94 Å². The first kappa shape index (κ1) is 11.8. The first-order valence-corrected chi connectivity index (χ1v) is 16.6. The SMILES string of the molecule is [CH3][Sn]([Cl])([Cl])[Cl].c1ccncc1. The Morgan fingerprint density at radius 1 is 1.00 bits per heavy atom. The van der Waals surface area contributed by atoms with Gasteiger partial charge in [0.25, 0.3) is 0 Å². The maximum absolute atomic E-state index is 5.27. The largest absolute Gasteiger partial charge is 0.265 e. The quantitative estimate of drug-likeness (QED) is 0.668. The third kappa shape index (κ3) is 18.1. The molecule has 0 saturated heterocycles. The van der Waals surface area contributed by atoms with Crippen molar-refractivity contribution in [3.63, 3.8) is 0 Å². The van der Waals surface area contributed by atoms with Crippen molar-refractivity contribution in [2.24, 2.45) is 0 Å². The summed E-state index contributed by atoms with van der Waals surface area (Å²) in [6.07, 6.45) is 3.50. The van der Waals surface area contributed by atoms with Crippen LogP contribution in [0.1, 0.15) is 0 Å². The number of pyridine rings is 1. The van der Waals surface area contributed by atoms with Gasteiger partial charge in [-0.15, -0.1) is 0 Å². The van der Waals surface area contributed by atoms with Crippen LogP contribution in [-0.2, 0) is 0 Å². The van der Waals surface area contributed by atoms with E-state index in [1.54, 1.807) is 17.3 Å². The van der Waals surface area contributed by atoms with Gasteiger partial charge in [-0.1, -0.05) is 6.07 Å². The van der Waals surface area contributed by atoms with E-state index in [0.29, 0.717) is 0 Å². The Labute approximate surface area is 81.7 Å². The zero-order chi connectivity index (χ0) is 8.74. The van der Waals surface area contributed by atoms with E-state index in [-0.39, 0.29) is 0 Å². The van der Waals surface area contributed by atoms with Crippen LogP contribution in [0.5, 0.6) is 0 Å². The van der Waals surface area contributed by atoms with E-state index in [1.165, 1.54) is 0 Å². The third-order valence-electron chi connectivity index (χ3n) is 0.566. The molecule has 0 atom stereocenters. The van der Waals surface area contributed by atoms with Crippen molar-refractivity contribution in [1.82, 2.24) is 4.98 Å². The number of halogens is 3. The van der Waals surface area contributed by atoms with Gasteiger partial charge in [-0.05, 0) is 12.1 Å². The van der Waals surface area contributed by atoms with Crippen molar-refractivity contribution in [1.29, 1.82) is 0 Å². The van der Waals surface area contributed by atoms with Gasteiger partial charge in [-0.2, -0.15) is 0 Å². The molecule has 0 amide bonds. The van der Waals surface area contributed by atoms with Crippen LogP contribution in [-0.4, -0.2) is 20.0 Å². The molecule has 1 rings (SSSR count). The summed E-state index contributed by atoms with van der Waals surface area (Å²) in [6.45, 7) is 0. The molecule has 0 N–H and O–H groups in total. The monoisotopic (exact) mass is 319 g/mol. The summed E-state index contributed by atoms with van der Waals surface area (Å²) in [4.78, 5) is 5.48. The minimum absolute atomic E-state index is 1.69. The minimum Gasteiger partial charge on any atom is -0.265 e. The van der Waals surface area contributed by atoms with E-state index in [1.807, 2.05) is 18.2 Å². The summed E-state index contributed by atoms with van der Waals surface area (Å²) < 4.78 is 0. The van der Waals surface area contributed by atoms with Gasteiger partial charge in [0.15, 0.2) is 0 Å². The van der Waals surface area contributed by atoms with Crippen LogP contribution in [0.25, 0.3) is 0 Å². The summed E-state index contributed by atoms with van der Waals surface area (Å²) in [5.41, 5.74) is 0. The molecule has 1 aromatic heterocycles. The molecule has 5 heteroatoms. The minimum atomic E-state index is -2.76. The molecule has 0 bridgehead atoms. The topological polar surface area (TPSA) is 12.9 Å². The van der Waals surface area contributed by atoms with Crippen LogP contribution in [0.15, 0.2) is 30.6 Å². The number of nitrogens with zero attached hydrogens (tertiary/aromatic N) is 1. The molecule has 0 aromatic carbocycles. The number of hydrogen-bond donors (Lipinski definition) is 0. The molecule has 1 aromatic rings. The molecule has 0 aliphatic heterocycles. The van der Waals surface area contributed by atoms with E-state index in [2.05, 4.69) is 4.98 Å². The first-order chi connectivity index (χ1) is 5.00. The second kappa shape index (κ2) is 6.35. The fourth-order valence-corrected chi connectivity index (χ4v) is 0.313. The Morgan fingerprint density at radius 3 is 1.45 bits per heavy atom. The average Bonchev–Trinajstić information content (AvgIpc) is 1.88. The zero-order valence-electron chi connectivity index (χ0n) is 5.97. The van der Waals surface area contributed by atoms with Crippen LogP contribution in [0, 0.1) is 0 Å². The fourth-order valence-electron chi connectivity index (χ4n) is 0.313. The third-order valence-corrected chi connectivity index (χ3v) is 0.566. The van der Waals surface area contributed by atoms with Crippen LogP contribution in [0.4, 0.5) is 0 Å². The zero-order valence-corrected chi connectivity index (χ0v) is 11.1. The summed E-state index contributed by atoms with van der Waals surface area (Å²) in [5, 5.41) is 0. The molecule has 0 fully saturated rings. The van der Waals surface area contributed by atoms with Gasteiger partial charge in [-0.3, -0.25) is 4.98 Å². The molecule has 0 aliphatic rings. The summed E-state index contributed by atoms with van der Waals surface area (Å²) in [5.74, 6) is 0. The second-order valence-corrected chi connectivity index (χ2v) is 25.4. The van der Waals surface area contributed by atoms with E-state index < -0.39 is 15.0 Å². The van der Waals surface area contributed by atoms with E-state index in [9.17, 15) is 0 Å². The van der Waals surface area contributed by atoms with Gasteiger partial charge in [0.05, 0.1) is 0 Å². The fraction of sp³-hybridized carbons (Fsp3) is 0.167. The van der Waals surface area contributed by atoms with Crippen molar-refractivity contribution in [2.75, 3.05) is 0 Å². The Kier molecular flexibility index (Phi) is 6.82.